The number of rotatable bonds is 6. The van der Waals surface area contributed by atoms with Crippen molar-refractivity contribution in [3.05, 3.63) is 66.2 Å². The third-order valence-corrected chi connectivity index (χ3v) is 3.71. The van der Waals surface area contributed by atoms with Gasteiger partial charge in [-0.05, 0) is 26.0 Å². The van der Waals surface area contributed by atoms with Crippen LogP contribution in [0.5, 0.6) is 0 Å². The van der Waals surface area contributed by atoms with Crippen LogP contribution in [0.1, 0.15) is 49.1 Å². The van der Waals surface area contributed by atoms with Gasteiger partial charge in [0.1, 0.15) is 12.2 Å². The highest BCUT2D eigenvalue weighted by atomic mass is 16.5. The van der Waals surface area contributed by atoms with Crippen molar-refractivity contribution in [3.63, 3.8) is 0 Å². The summed E-state index contributed by atoms with van der Waals surface area (Å²) >= 11 is 0. The molecule has 2 aromatic carbocycles. The molecule has 2 aromatic rings. The van der Waals surface area contributed by atoms with Crippen molar-refractivity contribution in [2.75, 3.05) is 105 Å². The summed E-state index contributed by atoms with van der Waals surface area (Å²) in [7, 11) is 27.9. The van der Waals surface area contributed by atoms with Crippen molar-refractivity contribution >= 4 is 11.7 Å². The van der Waals surface area contributed by atoms with E-state index in [9.17, 15) is 0 Å². The van der Waals surface area contributed by atoms with Gasteiger partial charge in [-0.2, -0.15) is 0 Å². The number of nitrogens with zero attached hydrogens (tertiary/aromatic N) is 4. The van der Waals surface area contributed by atoms with Crippen LogP contribution >= 0.6 is 0 Å². The molecule has 3 N–H and O–H groups in total. The van der Waals surface area contributed by atoms with E-state index in [1.54, 1.807) is 0 Å². The third-order valence-electron chi connectivity index (χ3n) is 3.71. The Balaban J connectivity index is -0.0000000425. The minimum absolute atomic E-state index is 0. The summed E-state index contributed by atoms with van der Waals surface area (Å²) in [5.74, 6) is -1.08. The zero-order valence-electron chi connectivity index (χ0n) is 28.8. The van der Waals surface area contributed by atoms with Crippen LogP contribution in [0, 0.1) is 0 Å². The normalized spacial score (nSPS) is 9.40. The predicted octanol–water partition coefficient (Wildman–Crippen LogP) is 5.56. The first kappa shape index (κ1) is 69.4. The molecular formula is C35H80N4O6. The Hall–Kier alpha value is -2.41. The molecule has 0 radical (unpaired) electrons. The van der Waals surface area contributed by atoms with Crippen LogP contribution in [0.3, 0.4) is 0 Å². The lowest BCUT2D eigenvalue weighted by Gasteiger charge is -2.23. The number of carboxylic acids is 1. The lowest BCUT2D eigenvalue weighted by molar-refractivity contribution is -0.890. The molecule has 2 rings (SSSR count). The van der Waals surface area contributed by atoms with Gasteiger partial charge in [0.05, 0.1) is 91.6 Å². The summed E-state index contributed by atoms with van der Waals surface area (Å²) in [5.41, 5.74) is 2.74. The summed E-state index contributed by atoms with van der Waals surface area (Å²) in [6.45, 7) is 5.70. The highest BCUT2D eigenvalue weighted by molar-refractivity contribution is 5.60. The lowest BCUT2D eigenvalue weighted by atomic mass is 10.2. The molecule has 10 heteroatoms. The number of ether oxygens (including phenoxy) is 1. The fraction of sp³-hybridized carbons (Fsp3) is 0.629. The number of quaternary nitrogens is 4. The molecule has 0 aromatic heterocycles. The second-order valence-electron chi connectivity index (χ2n) is 13.4. The first-order valence-corrected chi connectivity index (χ1v) is 13.0. The van der Waals surface area contributed by atoms with Crippen molar-refractivity contribution < 1.29 is 44.5 Å². The second kappa shape index (κ2) is 34.5. The largest absolute Gasteiger partial charge is 0.870 e. The summed E-state index contributed by atoms with van der Waals surface area (Å²) < 4.78 is 8.93. The molecule has 0 spiro atoms. The van der Waals surface area contributed by atoms with E-state index in [4.69, 9.17) is 14.6 Å². The summed E-state index contributed by atoms with van der Waals surface area (Å²) in [4.78, 5) is 8.89. The zero-order chi connectivity index (χ0) is 30.6. The van der Waals surface area contributed by atoms with Crippen molar-refractivity contribution in [1.82, 2.24) is 4.48 Å². The van der Waals surface area contributed by atoms with Crippen LogP contribution in [-0.2, 0) is 16.1 Å². The van der Waals surface area contributed by atoms with E-state index in [0.717, 1.165) is 44.7 Å². The number of aliphatic carboxylic acids is 1. The van der Waals surface area contributed by atoms with E-state index in [2.05, 4.69) is 146 Å². The van der Waals surface area contributed by atoms with Crippen LogP contribution in [0.2, 0.25) is 0 Å². The number of para-hydroxylation sites is 1. The average Bonchev–Trinajstić information content (AvgIpc) is 2.71. The van der Waals surface area contributed by atoms with Crippen molar-refractivity contribution in [1.29, 1.82) is 0 Å². The van der Waals surface area contributed by atoms with E-state index in [1.165, 1.54) is 11.3 Å². The van der Waals surface area contributed by atoms with E-state index in [0.29, 0.717) is 0 Å². The van der Waals surface area contributed by atoms with Gasteiger partial charge in [-0.3, -0.25) is 4.48 Å². The molecule has 0 bridgehead atoms. The topological polar surface area (TPSA) is 139 Å². The molecule has 276 valence electrons. The number of carbonyl (C=O) groups is 1. The lowest BCUT2D eigenvalue weighted by Crippen LogP contribution is -2.36. The quantitative estimate of drug-likeness (QED) is 0.296. The molecule has 0 aliphatic carbocycles. The van der Waals surface area contributed by atoms with Crippen LogP contribution in [0.4, 0.5) is 5.69 Å². The molecular weight excluding hydrogens is 572 g/mol. The van der Waals surface area contributed by atoms with Gasteiger partial charge in [0, 0.05) is 18.1 Å². The number of benzene rings is 2. The first-order chi connectivity index (χ1) is 17.0. The molecule has 0 amide bonds. The van der Waals surface area contributed by atoms with E-state index in [1.807, 2.05) is 13.0 Å². The van der Waals surface area contributed by atoms with Gasteiger partial charge in [0.15, 0.2) is 6.73 Å². The van der Waals surface area contributed by atoms with E-state index < -0.39 is 5.97 Å². The summed E-state index contributed by atoms with van der Waals surface area (Å²) in [6, 6.07) is 21.0. The molecule has 0 saturated carbocycles. The minimum Gasteiger partial charge on any atom is -0.870 e. The first-order valence-electron chi connectivity index (χ1n) is 13.0. The fourth-order valence-corrected chi connectivity index (χ4v) is 2.37. The second-order valence-corrected chi connectivity index (χ2v) is 13.4. The maximum atomic E-state index is 8.89. The van der Waals surface area contributed by atoms with Gasteiger partial charge >= 0.3 is 0 Å². The van der Waals surface area contributed by atoms with Crippen LogP contribution in [-0.4, -0.2) is 141 Å². The Morgan fingerprint density at radius 1 is 0.622 bits per heavy atom. The third kappa shape index (κ3) is 74.5. The zero-order valence-corrected chi connectivity index (χ0v) is 28.8. The molecule has 10 nitrogen and oxygen atoms in total. The Morgan fingerprint density at radius 3 is 1.09 bits per heavy atom. The molecule has 0 fully saturated rings. The highest BCUT2D eigenvalue weighted by Gasteiger charge is 2.09. The van der Waals surface area contributed by atoms with Crippen molar-refractivity contribution in [2.45, 2.75) is 50.1 Å². The summed E-state index contributed by atoms with van der Waals surface area (Å²) in [6.07, 6.45) is 0. The van der Waals surface area contributed by atoms with Crippen LogP contribution < -0.4 is 9.59 Å². The minimum atomic E-state index is -1.08. The van der Waals surface area contributed by atoms with Gasteiger partial charge < -0.3 is 44.5 Å². The van der Waals surface area contributed by atoms with Gasteiger partial charge in [0.2, 0.25) is 0 Å². The molecule has 0 saturated heterocycles. The van der Waals surface area contributed by atoms with Gasteiger partial charge in [-0.25, -0.2) is 0 Å². The van der Waals surface area contributed by atoms with Crippen LogP contribution in [0.15, 0.2) is 60.7 Å². The Kier molecular flexibility index (Phi) is 53.1. The molecule has 45 heavy (non-hydrogen) atoms. The smallest absolute Gasteiger partial charge is 0.182 e. The number of carboxylic acid groups (broad SMARTS) is 1. The molecule has 0 atom stereocenters. The van der Waals surface area contributed by atoms with Crippen molar-refractivity contribution in [2.24, 2.45) is 0 Å². The SMILES string of the molecule is C.C.C.C.CC(=O)[O-].CCOC[N+](C)(C)C.C[N+](C)(C)C.C[N+](C)(C)Cc1ccccc1.C[N+](C)(C)c1ccccc1.[OH-].[OH-].[OH-]. The molecule has 0 unspecified atom stereocenters. The summed E-state index contributed by atoms with van der Waals surface area (Å²) in [5, 5.41) is 8.89. The molecule has 0 aliphatic heterocycles. The highest BCUT2D eigenvalue weighted by Crippen LogP contribution is 2.14. The van der Waals surface area contributed by atoms with Crippen LogP contribution in [0.25, 0.3) is 0 Å². The Bertz CT molecular complexity index is 816. The average molecular weight is 653 g/mol. The van der Waals surface area contributed by atoms with E-state index in [-0.39, 0.29) is 46.1 Å². The Morgan fingerprint density at radius 2 is 0.911 bits per heavy atom. The van der Waals surface area contributed by atoms with Gasteiger partial charge in [0.25, 0.3) is 0 Å². The van der Waals surface area contributed by atoms with Gasteiger partial charge in [-0.1, -0.05) is 78.2 Å². The molecule has 0 aliphatic rings. The van der Waals surface area contributed by atoms with E-state index >= 15 is 0 Å². The maximum absolute atomic E-state index is 8.89. The predicted molar refractivity (Wildman–Crippen MR) is 196 cm³/mol. The fourth-order valence-electron chi connectivity index (χ4n) is 2.37. The Labute approximate surface area is 281 Å². The maximum Gasteiger partial charge on any atom is 0.182 e. The molecule has 0 heterocycles. The number of hydrogen-bond donors (Lipinski definition) is 0. The van der Waals surface area contributed by atoms with Crippen molar-refractivity contribution in [3.8, 4) is 0 Å². The number of hydrogen-bond acceptors (Lipinski definition) is 6. The monoisotopic (exact) mass is 653 g/mol. The number of carbonyl (C=O) groups excluding carboxylic acids is 1. The standard InChI is InChI=1S/C10H16N.C9H14N.C6H16NO.C4H12N.C2H4O2.4CH4.3H2O/c1-11(2,3)9-10-7-5-4-6-8-10;1-10(2,3)9-7-5-4-6-8-9;1-5-8-6-7(2,3)4;1-5(2,3)4;1-2(3)4;;;;;;;/h4-8H,9H2,1-3H3;4-8H,1-3H3;5-6H2,1-4H3;1-4H3;1H3,(H,3,4);4*1H4;3*1H2/q4*+1;;;;;;;;/p-4. The van der Waals surface area contributed by atoms with Gasteiger partial charge in [-0.15, -0.1) is 0 Å².